The van der Waals surface area contributed by atoms with Gasteiger partial charge in [-0.25, -0.2) is 0 Å². The number of halogens is 1. The lowest BCUT2D eigenvalue weighted by Crippen LogP contribution is -2.35. The van der Waals surface area contributed by atoms with E-state index in [0.717, 1.165) is 0 Å². The summed E-state index contributed by atoms with van der Waals surface area (Å²) >= 11 is 5.74. The average molecular weight is 278 g/mol. The van der Waals surface area contributed by atoms with Crippen LogP contribution in [0.5, 0.6) is 0 Å². The molecule has 1 rings (SSSR count). The highest BCUT2D eigenvalue weighted by Crippen LogP contribution is 2.24. The molecule has 0 saturated carbocycles. The Morgan fingerprint density at radius 1 is 1.35 bits per heavy atom. The van der Waals surface area contributed by atoms with Gasteiger partial charge < -0.3 is 5.73 Å². The van der Waals surface area contributed by atoms with Crippen molar-refractivity contribution in [2.24, 2.45) is 0 Å². The van der Waals surface area contributed by atoms with E-state index in [1.807, 2.05) is 0 Å². The molecule has 3 N–H and O–H groups in total. The summed E-state index contributed by atoms with van der Waals surface area (Å²) < 4.78 is 27.6. The lowest BCUT2D eigenvalue weighted by atomic mass is 10.3. The molecule has 0 saturated heterocycles. The molecule has 0 spiro atoms. The predicted molar refractivity (Wildman–Crippen MR) is 71.3 cm³/mol. The van der Waals surface area contributed by atoms with Crippen LogP contribution in [0.1, 0.15) is 13.8 Å². The van der Waals surface area contributed by atoms with Crippen molar-refractivity contribution in [3.8, 4) is 0 Å². The highest BCUT2D eigenvalue weighted by molar-refractivity contribution is 7.90. The fraction of sp³-hybridized carbons (Fsp3) is 0.400. The van der Waals surface area contributed by atoms with E-state index in [4.69, 9.17) is 17.3 Å². The Morgan fingerprint density at radius 3 is 2.41 bits per heavy atom. The third-order valence-corrected chi connectivity index (χ3v) is 4.21. The Morgan fingerprint density at radius 2 is 1.94 bits per heavy atom. The monoisotopic (exact) mass is 277 g/mol. The molecule has 0 aromatic heterocycles. The SMILES string of the molecule is CCN(CC)S(=O)(=O)Nc1ccc(Cl)cc1N. The second-order valence-corrected chi connectivity index (χ2v) is 5.53. The Labute approximate surface area is 107 Å². The maximum absolute atomic E-state index is 11.9. The van der Waals surface area contributed by atoms with Crippen LogP contribution in [0, 0.1) is 0 Å². The van der Waals surface area contributed by atoms with Gasteiger partial charge in [0.2, 0.25) is 0 Å². The molecule has 1 aromatic carbocycles. The van der Waals surface area contributed by atoms with E-state index >= 15 is 0 Å². The molecule has 1 aromatic rings. The summed E-state index contributed by atoms with van der Waals surface area (Å²) in [5.74, 6) is 0. The zero-order chi connectivity index (χ0) is 13.1. The second-order valence-electron chi connectivity index (χ2n) is 3.42. The predicted octanol–water partition coefficient (Wildman–Crippen LogP) is 1.92. The smallest absolute Gasteiger partial charge is 0.301 e. The van der Waals surface area contributed by atoms with E-state index in [-0.39, 0.29) is 0 Å². The van der Waals surface area contributed by atoms with Gasteiger partial charge in [0.05, 0.1) is 11.4 Å². The molecule has 0 bridgehead atoms. The van der Waals surface area contributed by atoms with Gasteiger partial charge in [-0.2, -0.15) is 12.7 Å². The Kier molecular flexibility index (Phi) is 4.62. The normalized spacial score (nSPS) is 11.8. The molecular formula is C10H16ClN3O2S. The van der Waals surface area contributed by atoms with Crippen molar-refractivity contribution >= 4 is 33.2 Å². The summed E-state index contributed by atoms with van der Waals surface area (Å²) in [6.07, 6.45) is 0. The quantitative estimate of drug-likeness (QED) is 0.808. The molecule has 0 heterocycles. The van der Waals surface area contributed by atoms with Gasteiger partial charge in [-0.05, 0) is 18.2 Å². The maximum atomic E-state index is 11.9. The molecular weight excluding hydrogens is 262 g/mol. The number of nitrogens with two attached hydrogens (primary N) is 1. The number of hydrogen-bond acceptors (Lipinski definition) is 3. The zero-order valence-corrected chi connectivity index (χ0v) is 11.3. The van der Waals surface area contributed by atoms with Crippen molar-refractivity contribution in [2.45, 2.75) is 13.8 Å². The fourth-order valence-electron chi connectivity index (χ4n) is 1.39. The minimum absolute atomic E-state index is 0.299. The van der Waals surface area contributed by atoms with Crippen LogP contribution >= 0.6 is 11.6 Å². The molecule has 0 unspecified atom stereocenters. The summed E-state index contributed by atoms with van der Waals surface area (Å²) in [4.78, 5) is 0. The molecule has 7 heteroatoms. The van der Waals surface area contributed by atoms with Gasteiger partial charge in [0.25, 0.3) is 0 Å². The maximum Gasteiger partial charge on any atom is 0.301 e. The average Bonchev–Trinajstić information content (AvgIpc) is 2.23. The highest BCUT2D eigenvalue weighted by atomic mass is 35.5. The van der Waals surface area contributed by atoms with E-state index < -0.39 is 10.2 Å². The van der Waals surface area contributed by atoms with Crippen molar-refractivity contribution in [1.29, 1.82) is 0 Å². The van der Waals surface area contributed by atoms with Crippen LogP contribution in [0.25, 0.3) is 0 Å². The lowest BCUT2D eigenvalue weighted by Gasteiger charge is -2.20. The van der Waals surface area contributed by atoms with Crippen LogP contribution in [-0.2, 0) is 10.2 Å². The van der Waals surface area contributed by atoms with Crippen molar-refractivity contribution in [2.75, 3.05) is 23.5 Å². The number of rotatable bonds is 5. The van der Waals surface area contributed by atoms with Crippen LogP contribution in [0.2, 0.25) is 5.02 Å². The molecule has 0 radical (unpaired) electrons. The number of nitrogen functional groups attached to an aromatic ring is 1. The Balaban J connectivity index is 2.98. The third-order valence-electron chi connectivity index (χ3n) is 2.30. The number of anilines is 2. The van der Waals surface area contributed by atoms with Gasteiger partial charge in [-0.1, -0.05) is 25.4 Å². The fourth-order valence-corrected chi connectivity index (χ4v) is 2.85. The summed E-state index contributed by atoms with van der Waals surface area (Å²) in [6.45, 7) is 4.35. The molecule has 17 heavy (non-hydrogen) atoms. The first-order valence-electron chi connectivity index (χ1n) is 5.23. The molecule has 0 atom stereocenters. The lowest BCUT2D eigenvalue weighted by molar-refractivity contribution is 0.449. The zero-order valence-electron chi connectivity index (χ0n) is 9.77. The van der Waals surface area contributed by atoms with Gasteiger partial charge in [0, 0.05) is 18.1 Å². The largest absolute Gasteiger partial charge is 0.397 e. The molecule has 0 fully saturated rings. The summed E-state index contributed by atoms with van der Waals surface area (Å²) in [5, 5.41) is 0.466. The number of nitrogens with one attached hydrogen (secondary N) is 1. The Hall–Kier alpha value is -0.980. The van der Waals surface area contributed by atoms with Gasteiger partial charge >= 0.3 is 10.2 Å². The highest BCUT2D eigenvalue weighted by Gasteiger charge is 2.19. The number of benzene rings is 1. The van der Waals surface area contributed by atoms with E-state index in [1.54, 1.807) is 26.0 Å². The first-order chi connectivity index (χ1) is 7.90. The number of nitrogens with zero attached hydrogens (tertiary/aromatic N) is 1. The minimum Gasteiger partial charge on any atom is -0.397 e. The summed E-state index contributed by atoms with van der Waals surface area (Å²) in [5.41, 5.74) is 6.32. The van der Waals surface area contributed by atoms with Crippen LogP contribution < -0.4 is 10.5 Å². The van der Waals surface area contributed by atoms with E-state index in [0.29, 0.717) is 29.5 Å². The van der Waals surface area contributed by atoms with Crippen molar-refractivity contribution in [3.05, 3.63) is 23.2 Å². The van der Waals surface area contributed by atoms with E-state index in [1.165, 1.54) is 10.4 Å². The van der Waals surface area contributed by atoms with Crippen LogP contribution in [0.4, 0.5) is 11.4 Å². The van der Waals surface area contributed by atoms with Crippen LogP contribution in [0.15, 0.2) is 18.2 Å². The van der Waals surface area contributed by atoms with Gasteiger partial charge in [-0.15, -0.1) is 0 Å². The number of hydrogen-bond donors (Lipinski definition) is 2. The molecule has 5 nitrogen and oxygen atoms in total. The van der Waals surface area contributed by atoms with Crippen LogP contribution in [0.3, 0.4) is 0 Å². The standard InChI is InChI=1S/C10H16ClN3O2S/c1-3-14(4-2)17(15,16)13-10-6-5-8(11)7-9(10)12/h5-7,13H,3-4,12H2,1-2H3. The van der Waals surface area contributed by atoms with E-state index in [9.17, 15) is 8.42 Å². The first kappa shape index (κ1) is 14.1. The molecule has 96 valence electrons. The first-order valence-corrected chi connectivity index (χ1v) is 7.05. The molecule has 0 aliphatic heterocycles. The molecule has 0 amide bonds. The Bertz CT molecular complexity index is 486. The van der Waals surface area contributed by atoms with Crippen molar-refractivity contribution < 1.29 is 8.42 Å². The second kappa shape index (κ2) is 5.57. The summed E-state index contributed by atoms with van der Waals surface area (Å²) in [7, 11) is -3.55. The van der Waals surface area contributed by atoms with Gasteiger partial charge in [-0.3, -0.25) is 4.72 Å². The topological polar surface area (TPSA) is 75.4 Å². The third kappa shape index (κ3) is 3.49. The molecule has 0 aliphatic rings. The van der Waals surface area contributed by atoms with Gasteiger partial charge in [0.15, 0.2) is 0 Å². The van der Waals surface area contributed by atoms with E-state index in [2.05, 4.69) is 4.72 Å². The minimum atomic E-state index is -3.55. The van der Waals surface area contributed by atoms with Crippen LogP contribution in [-0.4, -0.2) is 25.8 Å². The molecule has 0 aliphatic carbocycles. The van der Waals surface area contributed by atoms with Crippen molar-refractivity contribution in [1.82, 2.24) is 4.31 Å². The van der Waals surface area contributed by atoms with Crippen molar-refractivity contribution in [3.63, 3.8) is 0 Å². The van der Waals surface area contributed by atoms with Gasteiger partial charge in [0.1, 0.15) is 0 Å². The summed E-state index contributed by atoms with van der Waals surface area (Å²) in [6, 6.07) is 4.62.